The first-order valence-electron chi connectivity index (χ1n) is 6.91. The zero-order chi connectivity index (χ0) is 14.1. The van der Waals surface area contributed by atoms with Gasteiger partial charge >= 0.3 is 0 Å². The van der Waals surface area contributed by atoms with Crippen molar-refractivity contribution in [1.82, 2.24) is 15.2 Å². The average Bonchev–Trinajstić information content (AvgIpc) is 2.82. The number of likely N-dealkylation sites (tertiary alicyclic amines) is 1. The molecular formula is C14H18N4OS. The fourth-order valence-electron chi connectivity index (χ4n) is 3.18. The summed E-state index contributed by atoms with van der Waals surface area (Å²) >= 11 is 4.96. The Kier molecular flexibility index (Phi) is 3.67. The van der Waals surface area contributed by atoms with E-state index in [1.807, 2.05) is 12.1 Å². The Hall–Kier alpha value is -1.53. The third kappa shape index (κ3) is 2.53. The number of rotatable bonds is 3. The van der Waals surface area contributed by atoms with Crippen LogP contribution in [0.2, 0.25) is 0 Å². The van der Waals surface area contributed by atoms with Crippen LogP contribution in [0.4, 0.5) is 0 Å². The van der Waals surface area contributed by atoms with Gasteiger partial charge in [0.25, 0.3) is 0 Å². The molecule has 1 aromatic heterocycles. The van der Waals surface area contributed by atoms with Gasteiger partial charge in [-0.3, -0.25) is 14.7 Å². The van der Waals surface area contributed by atoms with Gasteiger partial charge in [-0.1, -0.05) is 12.2 Å². The van der Waals surface area contributed by atoms with E-state index in [0.29, 0.717) is 16.7 Å². The van der Waals surface area contributed by atoms with Crippen LogP contribution in [0.3, 0.4) is 0 Å². The van der Waals surface area contributed by atoms with Crippen LogP contribution in [0.5, 0.6) is 0 Å². The molecule has 1 aromatic rings. The monoisotopic (exact) mass is 290 g/mol. The van der Waals surface area contributed by atoms with Gasteiger partial charge in [0.2, 0.25) is 5.91 Å². The minimum absolute atomic E-state index is 0.153. The summed E-state index contributed by atoms with van der Waals surface area (Å²) in [4.78, 5) is 18.6. The normalized spacial score (nSPS) is 26.1. The number of amides is 1. The van der Waals surface area contributed by atoms with E-state index in [1.54, 1.807) is 6.20 Å². The highest BCUT2D eigenvalue weighted by atomic mass is 32.1. The molecule has 0 spiro atoms. The SMILES string of the molecule is NC(=S)c1cc(CN2CCCC3C(=O)NCC32)ccn1. The smallest absolute Gasteiger partial charge is 0.224 e. The van der Waals surface area contributed by atoms with E-state index in [0.717, 1.165) is 38.0 Å². The maximum atomic E-state index is 11.8. The molecule has 3 rings (SSSR count). The van der Waals surface area contributed by atoms with Gasteiger partial charge in [0.15, 0.2) is 0 Å². The van der Waals surface area contributed by atoms with Crippen LogP contribution >= 0.6 is 12.2 Å². The van der Waals surface area contributed by atoms with Crippen LogP contribution in [0.15, 0.2) is 18.3 Å². The fourth-order valence-corrected chi connectivity index (χ4v) is 3.29. The Labute approximate surface area is 123 Å². The van der Waals surface area contributed by atoms with E-state index < -0.39 is 0 Å². The molecule has 0 aliphatic carbocycles. The van der Waals surface area contributed by atoms with Crippen molar-refractivity contribution < 1.29 is 4.79 Å². The van der Waals surface area contributed by atoms with Gasteiger partial charge in [-0.2, -0.15) is 0 Å². The van der Waals surface area contributed by atoms with E-state index in [1.165, 1.54) is 0 Å². The van der Waals surface area contributed by atoms with Gasteiger partial charge in [0.1, 0.15) is 4.99 Å². The summed E-state index contributed by atoms with van der Waals surface area (Å²) in [6.07, 6.45) is 3.81. The molecule has 0 saturated carbocycles. The number of aromatic nitrogens is 1. The molecule has 2 aliphatic rings. The molecule has 0 bridgehead atoms. The predicted molar refractivity (Wildman–Crippen MR) is 80.1 cm³/mol. The number of carbonyl (C=O) groups is 1. The maximum absolute atomic E-state index is 11.8. The number of fused-ring (bicyclic) bond motifs is 1. The molecule has 3 heterocycles. The minimum atomic E-state index is 0.153. The van der Waals surface area contributed by atoms with Gasteiger partial charge < -0.3 is 11.1 Å². The summed E-state index contributed by atoms with van der Waals surface area (Å²) in [6, 6.07) is 4.24. The summed E-state index contributed by atoms with van der Waals surface area (Å²) in [5.41, 5.74) is 7.42. The number of nitrogens with two attached hydrogens (primary N) is 1. The molecule has 0 aromatic carbocycles. The number of pyridine rings is 1. The highest BCUT2D eigenvalue weighted by Crippen LogP contribution is 2.28. The molecule has 2 fully saturated rings. The van der Waals surface area contributed by atoms with Crippen molar-refractivity contribution in [2.75, 3.05) is 13.1 Å². The lowest BCUT2D eigenvalue weighted by atomic mass is 9.91. The van der Waals surface area contributed by atoms with Crippen molar-refractivity contribution in [1.29, 1.82) is 0 Å². The number of thiocarbonyl (C=S) groups is 1. The minimum Gasteiger partial charge on any atom is -0.388 e. The second kappa shape index (κ2) is 5.46. The zero-order valence-corrected chi connectivity index (χ0v) is 12.0. The van der Waals surface area contributed by atoms with Gasteiger partial charge in [0.05, 0.1) is 11.6 Å². The largest absolute Gasteiger partial charge is 0.388 e. The molecule has 2 saturated heterocycles. The lowest BCUT2D eigenvalue weighted by Gasteiger charge is -2.35. The standard InChI is InChI=1S/C14H18N4OS/c15-13(20)11-6-9(3-4-16-11)8-18-5-1-2-10-12(18)7-17-14(10)19/h3-4,6,10,12H,1-2,5,7-8H2,(H2,15,20)(H,17,19). The van der Waals surface area contributed by atoms with E-state index >= 15 is 0 Å². The highest BCUT2D eigenvalue weighted by Gasteiger charge is 2.40. The molecule has 5 nitrogen and oxygen atoms in total. The number of nitrogens with zero attached hydrogens (tertiary/aromatic N) is 2. The van der Waals surface area contributed by atoms with Gasteiger partial charge in [-0.25, -0.2) is 0 Å². The first kappa shape index (κ1) is 13.5. The summed E-state index contributed by atoms with van der Waals surface area (Å²) < 4.78 is 0. The average molecular weight is 290 g/mol. The Bertz CT molecular complexity index is 548. The highest BCUT2D eigenvalue weighted by molar-refractivity contribution is 7.80. The van der Waals surface area contributed by atoms with Crippen LogP contribution in [0.25, 0.3) is 0 Å². The number of hydrogen-bond acceptors (Lipinski definition) is 4. The van der Waals surface area contributed by atoms with Crippen molar-refractivity contribution in [3.05, 3.63) is 29.6 Å². The van der Waals surface area contributed by atoms with Crippen LogP contribution in [0.1, 0.15) is 24.1 Å². The molecule has 2 aliphatic heterocycles. The van der Waals surface area contributed by atoms with Crippen molar-refractivity contribution in [2.24, 2.45) is 11.7 Å². The van der Waals surface area contributed by atoms with Gasteiger partial charge in [-0.05, 0) is 37.1 Å². The molecule has 106 valence electrons. The Balaban J connectivity index is 1.75. The van der Waals surface area contributed by atoms with E-state index in [9.17, 15) is 4.79 Å². The van der Waals surface area contributed by atoms with Gasteiger partial charge in [-0.15, -0.1) is 0 Å². The second-order valence-electron chi connectivity index (χ2n) is 5.45. The number of hydrogen-bond donors (Lipinski definition) is 2. The van der Waals surface area contributed by atoms with E-state index in [-0.39, 0.29) is 11.8 Å². The van der Waals surface area contributed by atoms with Crippen LogP contribution < -0.4 is 11.1 Å². The van der Waals surface area contributed by atoms with E-state index in [2.05, 4.69) is 15.2 Å². The molecule has 3 N–H and O–H groups in total. The number of carbonyl (C=O) groups excluding carboxylic acids is 1. The van der Waals surface area contributed by atoms with Crippen LogP contribution in [0, 0.1) is 5.92 Å². The first-order chi connectivity index (χ1) is 9.65. The predicted octanol–water partition coefficient (Wildman–Crippen LogP) is 0.426. The summed E-state index contributed by atoms with van der Waals surface area (Å²) in [6.45, 7) is 2.60. The van der Waals surface area contributed by atoms with Crippen LogP contribution in [-0.4, -0.2) is 39.9 Å². The van der Waals surface area contributed by atoms with E-state index in [4.69, 9.17) is 18.0 Å². The molecule has 2 unspecified atom stereocenters. The quantitative estimate of drug-likeness (QED) is 0.790. The molecule has 6 heteroatoms. The van der Waals surface area contributed by atoms with Crippen molar-refractivity contribution in [3.63, 3.8) is 0 Å². The Morgan fingerprint density at radius 3 is 3.25 bits per heavy atom. The molecule has 0 radical (unpaired) electrons. The summed E-state index contributed by atoms with van der Waals surface area (Å²) in [5.74, 6) is 0.360. The zero-order valence-electron chi connectivity index (χ0n) is 11.2. The van der Waals surface area contributed by atoms with Crippen molar-refractivity contribution in [3.8, 4) is 0 Å². The third-order valence-electron chi connectivity index (χ3n) is 4.18. The second-order valence-corrected chi connectivity index (χ2v) is 5.89. The maximum Gasteiger partial charge on any atom is 0.224 e. The fraction of sp³-hybridized carbons (Fsp3) is 0.500. The number of nitrogens with one attached hydrogen (secondary N) is 1. The number of piperidine rings is 1. The van der Waals surface area contributed by atoms with Crippen LogP contribution in [-0.2, 0) is 11.3 Å². The molecule has 1 amide bonds. The summed E-state index contributed by atoms with van der Waals surface area (Å²) in [5, 5.41) is 2.97. The van der Waals surface area contributed by atoms with Crippen molar-refractivity contribution in [2.45, 2.75) is 25.4 Å². The molecule has 20 heavy (non-hydrogen) atoms. The lowest BCUT2D eigenvalue weighted by molar-refractivity contribution is -0.124. The van der Waals surface area contributed by atoms with Gasteiger partial charge in [0, 0.05) is 25.3 Å². The Morgan fingerprint density at radius 2 is 2.45 bits per heavy atom. The summed E-state index contributed by atoms with van der Waals surface area (Å²) in [7, 11) is 0. The lowest BCUT2D eigenvalue weighted by Crippen LogP contribution is -2.44. The molecule has 2 atom stereocenters. The topological polar surface area (TPSA) is 71.2 Å². The van der Waals surface area contributed by atoms with Crippen molar-refractivity contribution >= 4 is 23.1 Å². The molecular weight excluding hydrogens is 272 g/mol. The first-order valence-corrected chi connectivity index (χ1v) is 7.32. The third-order valence-corrected chi connectivity index (χ3v) is 4.39. The Morgan fingerprint density at radius 1 is 1.60 bits per heavy atom.